The van der Waals surface area contributed by atoms with Crippen molar-refractivity contribution >= 4 is 29.3 Å². The highest BCUT2D eigenvalue weighted by molar-refractivity contribution is 7.99. The van der Waals surface area contributed by atoms with Gasteiger partial charge in [0.25, 0.3) is 0 Å². The Hall–Kier alpha value is -2.31. The van der Waals surface area contributed by atoms with Crippen LogP contribution in [0.15, 0.2) is 53.7 Å². The monoisotopic (exact) mass is 398 g/mol. The maximum absolute atomic E-state index is 12.7. The average molecular weight is 399 g/mol. The number of halogens is 1. The van der Waals surface area contributed by atoms with E-state index < -0.39 is 0 Å². The summed E-state index contributed by atoms with van der Waals surface area (Å²) in [5, 5.41) is 9.80. The zero-order chi connectivity index (χ0) is 18.8. The highest BCUT2D eigenvalue weighted by Gasteiger charge is 2.21. The van der Waals surface area contributed by atoms with Crippen LogP contribution in [0, 0.1) is 6.92 Å². The number of thioether (sulfide) groups is 1. The van der Waals surface area contributed by atoms with E-state index in [1.54, 1.807) is 0 Å². The molecule has 0 N–H and O–H groups in total. The molecule has 7 heteroatoms. The first-order valence-electron chi connectivity index (χ1n) is 8.77. The Morgan fingerprint density at radius 1 is 1.11 bits per heavy atom. The first-order chi connectivity index (χ1) is 13.1. The van der Waals surface area contributed by atoms with Crippen molar-refractivity contribution in [1.82, 2.24) is 19.7 Å². The zero-order valence-electron chi connectivity index (χ0n) is 14.9. The van der Waals surface area contributed by atoms with Gasteiger partial charge < -0.3 is 4.90 Å². The summed E-state index contributed by atoms with van der Waals surface area (Å²) in [5.74, 6) is 1.24. The quantitative estimate of drug-likeness (QED) is 0.625. The van der Waals surface area contributed by atoms with Crippen LogP contribution in [0.3, 0.4) is 0 Å². The number of aryl methyl sites for hydroxylation is 1. The molecule has 0 radical (unpaired) electrons. The summed E-state index contributed by atoms with van der Waals surface area (Å²) in [6.45, 7) is 3.34. The van der Waals surface area contributed by atoms with Crippen molar-refractivity contribution < 1.29 is 4.79 Å². The highest BCUT2D eigenvalue weighted by Crippen LogP contribution is 2.24. The summed E-state index contributed by atoms with van der Waals surface area (Å²) in [7, 11) is 0. The lowest BCUT2D eigenvalue weighted by atomic mass is 10.00. The average Bonchev–Trinajstić information content (AvgIpc) is 3.07. The van der Waals surface area contributed by atoms with Crippen LogP contribution in [-0.4, -0.2) is 37.9 Å². The highest BCUT2D eigenvalue weighted by atomic mass is 35.5. The van der Waals surface area contributed by atoms with Gasteiger partial charge in [0.05, 0.1) is 5.75 Å². The minimum Gasteiger partial charge on any atom is -0.337 e. The molecule has 138 valence electrons. The smallest absolute Gasteiger partial charge is 0.233 e. The molecule has 27 heavy (non-hydrogen) atoms. The summed E-state index contributed by atoms with van der Waals surface area (Å²) >= 11 is 7.40. The second-order valence-electron chi connectivity index (χ2n) is 6.46. The predicted octanol–water partition coefficient (Wildman–Crippen LogP) is 3.91. The van der Waals surface area contributed by atoms with Crippen LogP contribution >= 0.6 is 23.4 Å². The number of nitrogens with zero attached hydrogens (tertiary/aromatic N) is 4. The molecule has 0 bridgehead atoms. The van der Waals surface area contributed by atoms with Gasteiger partial charge in [0.2, 0.25) is 5.91 Å². The molecule has 1 aliphatic heterocycles. The van der Waals surface area contributed by atoms with Crippen molar-refractivity contribution in [2.75, 3.05) is 12.3 Å². The second kappa shape index (κ2) is 7.74. The van der Waals surface area contributed by atoms with E-state index in [-0.39, 0.29) is 5.91 Å². The Kier molecular flexibility index (Phi) is 5.18. The van der Waals surface area contributed by atoms with Crippen molar-refractivity contribution in [1.29, 1.82) is 0 Å². The number of fused-ring (bicyclic) bond motifs is 1. The minimum atomic E-state index is 0.123. The van der Waals surface area contributed by atoms with E-state index in [9.17, 15) is 4.79 Å². The predicted molar refractivity (Wildman–Crippen MR) is 107 cm³/mol. The van der Waals surface area contributed by atoms with Crippen molar-refractivity contribution in [2.45, 2.75) is 25.0 Å². The minimum absolute atomic E-state index is 0.123. The van der Waals surface area contributed by atoms with E-state index in [1.807, 2.05) is 46.7 Å². The summed E-state index contributed by atoms with van der Waals surface area (Å²) in [4.78, 5) is 14.6. The van der Waals surface area contributed by atoms with E-state index in [0.717, 1.165) is 24.5 Å². The summed E-state index contributed by atoms with van der Waals surface area (Å²) in [5.41, 5.74) is 3.51. The molecular weight excluding hydrogens is 380 g/mol. The van der Waals surface area contributed by atoms with Gasteiger partial charge in [-0.05, 0) is 48.7 Å². The molecule has 1 aromatic heterocycles. The fourth-order valence-corrected chi connectivity index (χ4v) is 4.28. The number of hydrogen-bond donors (Lipinski definition) is 0. The Bertz CT molecular complexity index is 970. The molecule has 2 aromatic carbocycles. The van der Waals surface area contributed by atoms with E-state index in [1.165, 1.54) is 22.9 Å². The maximum atomic E-state index is 12.7. The van der Waals surface area contributed by atoms with Crippen molar-refractivity contribution in [2.24, 2.45) is 0 Å². The first kappa shape index (κ1) is 18.1. The molecule has 2 heterocycles. The van der Waals surface area contributed by atoms with Gasteiger partial charge in [-0.25, -0.2) is 0 Å². The van der Waals surface area contributed by atoms with Gasteiger partial charge in [-0.3, -0.25) is 9.36 Å². The molecule has 1 amide bonds. The van der Waals surface area contributed by atoms with E-state index >= 15 is 0 Å². The molecule has 0 saturated heterocycles. The summed E-state index contributed by atoms with van der Waals surface area (Å²) in [6, 6.07) is 15.8. The largest absolute Gasteiger partial charge is 0.337 e. The SMILES string of the molecule is Cc1nnc(SCC(=O)N2CCc3ccccc3C2)n1-c1ccc(Cl)cc1. The lowest BCUT2D eigenvalue weighted by molar-refractivity contribution is -0.129. The topological polar surface area (TPSA) is 51.0 Å². The molecule has 0 aliphatic carbocycles. The number of benzene rings is 2. The van der Waals surface area contributed by atoms with Crippen LogP contribution in [0.5, 0.6) is 0 Å². The molecule has 0 atom stereocenters. The Balaban J connectivity index is 1.45. The second-order valence-corrected chi connectivity index (χ2v) is 7.84. The third-order valence-corrected chi connectivity index (χ3v) is 5.85. The van der Waals surface area contributed by atoms with Gasteiger partial charge in [-0.15, -0.1) is 10.2 Å². The molecule has 0 spiro atoms. The third kappa shape index (κ3) is 3.87. The standard InChI is InChI=1S/C20H19ClN4OS/c1-14-22-23-20(25(14)18-8-6-17(21)7-9-18)27-13-19(26)24-11-10-15-4-2-3-5-16(15)12-24/h2-9H,10-13H2,1H3. The third-order valence-electron chi connectivity index (χ3n) is 4.69. The van der Waals surface area contributed by atoms with Gasteiger partial charge in [0.15, 0.2) is 5.16 Å². The molecular formula is C20H19ClN4OS. The normalized spacial score (nSPS) is 13.5. The first-order valence-corrected chi connectivity index (χ1v) is 10.1. The molecule has 3 aromatic rings. The van der Waals surface area contributed by atoms with Crippen LogP contribution in [0.4, 0.5) is 0 Å². The molecule has 0 saturated carbocycles. The van der Waals surface area contributed by atoms with Crippen LogP contribution in [0.1, 0.15) is 17.0 Å². The maximum Gasteiger partial charge on any atom is 0.233 e. The van der Waals surface area contributed by atoms with Gasteiger partial charge in [0, 0.05) is 23.8 Å². The van der Waals surface area contributed by atoms with Crippen molar-refractivity contribution in [3.8, 4) is 5.69 Å². The number of carbonyl (C=O) groups excluding carboxylic acids is 1. The number of hydrogen-bond acceptors (Lipinski definition) is 4. The molecule has 1 aliphatic rings. The molecule has 0 fully saturated rings. The Morgan fingerprint density at radius 2 is 1.85 bits per heavy atom. The summed E-state index contributed by atoms with van der Waals surface area (Å²) in [6.07, 6.45) is 0.909. The molecule has 0 unspecified atom stereocenters. The number of carbonyl (C=O) groups is 1. The van der Waals surface area contributed by atoms with Crippen LogP contribution in [-0.2, 0) is 17.8 Å². The van der Waals surface area contributed by atoms with Crippen molar-refractivity contribution in [3.63, 3.8) is 0 Å². The lowest BCUT2D eigenvalue weighted by Crippen LogP contribution is -2.37. The number of aromatic nitrogens is 3. The van der Waals surface area contributed by atoms with E-state index in [2.05, 4.69) is 28.4 Å². The van der Waals surface area contributed by atoms with Crippen LogP contribution in [0.2, 0.25) is 5.02 Å². The fourth-order valence-electron chi connectivity index (χ4n) is 3.25. The molecule has 5 nitrogen and oxygen atoms in total. The van der Waals surface area contributed by atoms with Gasteiger partial charge in [-0.1, -0.05) is 47.6 Å². The fraction of sp³-hybridized carbons (Fsp3) is 0.250. The van der Waals surface area contributed by atoms with Crippen LogP contribution in [0.25, 0.3) is 5.69 Å². The van der Waals surface area contributed by atoms with Gasteiger partial charge >= 0.3 is 0 Å². The van der Waals surface area contributed by atoms with E-state index in [0.29, 0.717) is 22.5 Å². The number of rotatable bonds is 4. The lowest BCUT2D eigenvalue weighted by Gasteiger charge is -2.28. The molecule has 4 rings (SSSR count). The zero-order valence-corrected chi connectivity index (χ0v) is 16.5. The van der Waals surface area contributed by atoms with Gasteiger partial charge in [0.1, 0.15) is 5.82 Å². The summed E-state index contributed by atoms with van der Waals surface area (Å²) < 4.78 is 1.94. The number of amides is 1. The van der Waals surface area contributed by atoms with Gasteiger partial charge in [-0.2, -0.15) is 0 Å². The Morgan fingerprint density at radius 3 is 2.63 bits per heavy atom. The van der Waals surface area contributed by atoms with Crippen LogP contribution < -0.4 is 0 Å². The van der Waals surface area contributed by atoms with Crippen molar-refractivity contribution in [3.05, 3.63) is 70.5 Å². The Labute approximate surface area is 167 Å². The van der Waals surface area contributed by atoms with E-state index in [4.69, 9.17) is 11.6 Å².